The molecule has 1 aliphatic carbocycles. The Morgan fingerprint density at radius 1 is 0.762 bits per heavy atom. The van der Waals surface area contributed by atoms with Crippen LogP contribution in [-0.2, 0) is 12.8 Å². The van der Waals surface area contributed by atoms with Crippen molar-refractivity contribution >= 4 is 15.9 Å². The monoisotopic (exact) mass is 342 g/mol. The van der Waals surface area contributed by atoms with E-state index in [0.29, 0.717) is 10.7 Å². The number of hydrogen-bond donors (Lipinski definition) is 0. The van der Waals surface area contributed by atoms with Crippen molar-refractivity contribution in [3.05, 3.63) is 70.3 Å². The average Bonchev–Trinajstić information content (AvgIpc) is 2.54. The van der Waals surface area contributed by atoms with Crippen LogP contribution in [0.5, 0.6) is 0 Å². The Balaban J connectivity index is 1.85. The lowest BCUT2D eigenvalue weighted by molar-refractivity contribution is 0.684. The zero-order valence-electron chi connectivity index (χ0n) is 12.9. The van der Waals surface area contributed by atoms with Crippen LogP contribution in [0, 0.1) is 0 Å². The van der Waals surface area contributed by atoms with Crippen molar-refractivity contribution in [2.24, 2.45) is 0 Å². The molecule has 0 saturated heterocycles. The molecule has 1 aliphatic rings. The predicted molar refractivity (Wildman–Crippen MR) is 94.4 cm³/mol. The molecule has 0 spiro atoms. The Labute approximate surface area is 136 Å². The van der Waals surface area contributed by atoms with E-state index >= 15 is 0 Å². The molecule has 21 heavy (non-hydrogen) atoms. The first-order valence-electron chi connectivity index (χ1n) is 8.01. The highest BCUT2D eigenvalue weighted by Crippen LogP contribution is 2.34. The number of halogens is 1. The number of alkyl halides is 1. The van der Waals surface area contributed by atoms with Gasteiger partial charge in [0.05, 0.1) is 4.83 Å². The van der Waals surface area contributed by atoms with Crippen LogP contribution in [0.3, 0.4) is 0 Å². The second kappa shape index (κ2) is 6.36. The van der Waals surface area contributed by atoms with Crippen molar-refractivity contribution in [1.29, 1.82) is 0 Å². The van der Waals surface area contributed by atoms with E-state index in [2.05, 4.69) is 72.2 Å². The normalized spacial score (nSPS) is 15.8. The molecule has 110 valence electrons. The molecular weight excluding hydrogens is 320 g/mol. The lowest BCUT2D eigenvalue weighted by atomic mass is 9.89. The Morgan fingerprint density at radius 3 is 2.00 bits per heavy atom. The van der Waals surface area contributed by atoms with Gasteiger partial charge in [0.2, 0.25) is 0 Å². The van der Waals surface area contributed by atoms with Crippen molar-refractivity contribution in [3.8, 4) is 0 Å². The van der Waals surface area contributed by atoms with Gasteiger partial charge in [-0.25, -0.2) is 0 Å². The van der Waals surface area contributed by atoms with E-state index in [1.807, 2.05) is 0 Å². The van der Waals surface area contributed by atoms with E-state index in [-0.39, 0.29) is 0 Å². The first-order valence-corrected chi connectivity index (χ1v) is 8.92. The summed E-state index contributed by atoms with van der Waals surface area (Å²) in [6, 6.07) is 16.1. The van der Waals surface area contributed by atoms with Crippen molar-refractivity contribution in [1.82, 2.24) is 0 Å². The van der Waals surface area contributed by atoms with Gasteiger partial charge in [-0.3, -0.25) is 0 Å². The van der Waals surface area contributed by atoms with Crippen LogP contribution < -0.4 is 0 Å². The van der Waals surface area contributed by atoms with Crippen molar-refractivity contribution in [3.63, 3.8) is 0 Å². The van der Waals surface area contributed by atoms with E-state index in [4.69, 9.17) is 0 Å². The van der Waals surface area contributed by atoms with Gasteiger partial charge in [-0.15, -0.1) is 0 Å². The second-order valence-corrected chi connectivity index (χ2v) is 7.33. The fourth-order valence-corrected chi connectivity index (χ4v) is 3.74. The van der Waals surface area contributed by atoms with E-state index in [1.165, 1.54) is 42.4 Å². The van der Waals surface area contributed by atoms with E-state index in [9.17, 15) is 0 Å². The largest absolute Gasteiger partial charge is 0.0786 e. The fourth-order valence-electron chi connectivity index (χ4n) is 3.15. The van der Waals surface area contributed by atoms with Gasteiger partial charge in [0.1, 0.15) is 0 Å². The Bertz CT molecular complexity index is 610. The summed E-state index contributed by atoms with van der Waals surface area (Å²) in [6.07, 6.45) is 5.19. The predicted octanol–water partition coefficient (Wildman–Crippen LogP) is 6.17. The highest BCUT2D eigenvalue weighted by atomic mass is 79.9. The molecule has 0 amide bonds. The van der Waals surface area contributed by atoms with Crippen LogP contribution in [0.1, 0.15) is 65.3 Å². The first-order chi connectivity index (χ1) is 10.1. The van der Waals surface area contributed by atoms with Crippen LogP contribution in [-0.4, -0.2) is 0 Å². The van der Waals surface area contributed by atoms with E-state index in [0.717, 1.165) is 0 Å². The molecule has 0 N–H and O–H groups in total. The summed E-state index contributed by atoms with van der Waals surface area (Å²) in [5.74, 6) is 0.594. The summed E-state index contributed by atoms with van der Waals surface area (Å²) in [7, 11) is 0. The quantitative estimate of drug-likeness (QED) is 0.584. The molecule has 1 heteroatoms. The molecule has 0 fully saturated rings. The van der Waals surface area contributed by atoms with Gasteiger partial charge in [0.25, 0.3) is 0 Å². The zero-order valence-corrected chi connectivity index (χ0v) is 14.5. The summed E-state index contributed by atoms with van der Waals surface area (Å²) in [4.78, 5) is 0.297. The number of benzene rings is 2. The zero-order chi connectivity index (χ0) is 14.8. The molecule has 0 aliphatic heterocycles. The highest BCUT2D eigenvalue weighted by Gasteiger charge is 2.15. The average molecular weight is 343 g/mol. The Hall–Kier alpha value is -1.08. The van der Waals surface area contributed by atoms with Gasteiger partial charge in [0, 0.05) is 0 Å². The number of hydrogen-bond acceptors (Lipinski definition) is 0. The first kappa shape index (κ1) is 14.8. The van der Waals surface area contributed by atoms with Crippen LogP contribution in [0.25, 0.3) is 0 Å². The lowest BCUT2D eigenvalue weighted by Gasteiger charge is -2.19. The number of aryl methyl sites for hydroxylation is 2. The van der Waals surface area contributed by atoms with Gasteiger partial charge in [-0.05, 0) is 59.4 Å². The molecule has 0 radical (unpaired) electrons. The number of rotatable bonds is 3. The van der Waals surface area contributed by atoms with E-state index in [1.54, 1.807) is 11.1 Å². The number of fused-ring (bicyclic) bond motifs is 1. The van der Waals surface area contributed by atoms with Crippen molar-refractivity contribution in [2.45, 2.75) is 50.3 Å². The minimum absolute atomic E-state index is 0.297. The summed E-state index contributed by atoms with van der Waals surface area (Å²) < 4.78 is 0. The van der Waals surface area contributed by atoms with Crippen LogP contribution in [0.2, 0.25) is 0 Å². The molecule has 0 heterocycles. The Kier molecular flexibility index (Phi) is 4.49. The molecule has 1 unspecified atom stereocenters. The fraction of sp³-hybridized carbons (Fsp3) is 0.400. The van der Waals surface area contributed by atoms with Gasteiger partial charge in [-0.2, -0.15) is 0 Å². The standard InChI is InChI=1S/C20H23Br/c1-14(2)15-7-10-17(11-8-15)20(21)19-12-9-16-5-3-4-6-18(16)13-19/h7-14,20H,3-6H2,1-2H3. The molecule has 0 aromatic heterocycles. The maximum absolute atomic E-state index is 3.88. The smallest absolute Gasteiger partial charge is 0.0644 e. The maximum atomic E-state index is 3.88. The molecule has 2 aromatic rings. The SMILES string of the molecule is CC(C)c1ccc(C(Br)c2ccc3c(c2)CCCC3)cc1. The third-order valence-electron chi connectivity index (χ3n) is 4.56. The summed E-state index contributed by atoms with van der Waals surface area (Å²) in [5, 5.41) is 0. The molecule has 3 rings (SSSR count). The third-order valence-corrected chi connectivity index (χ3v) is 5.62. The molecule has 1 atom stereocenters. The molecule has 0 nitrogen and oxygen atoms in total. The lowest BCUT2D eigenvalue weighted by Crippen LogP contribution is -2.04. The Morgan fingerprint density at radius 2 is 1.33 bits per heavy atom. The minimum Gasteiger partial charge on any atom is -0.0786 e. The molecule has 0 bridgehead atoms. The molecular formula is C20H23Br. The summed E-state index contributed by atoms with van der Waals surface area (Å²) in [5.41, 5.74) is 7.24. The van der Waals surface area contributed by atoms with Gasteiger partial charge in [0.15, 0.2) is 0 Å². The molecule has 0 saturated carbocycles. The topological polar surface area (TPSA) is 0 Å². The molecule has 2 aromatic carbocycles. The second-order valence-electron chi connectivity index (χ2n) is 6.42. The minimum atomic E-state index is 0.297. The van der Waals surface area contributed by atoms with Crippen LogP contribution in [0.4, 0.5) is 0 Å². The third kappa shape index (κ3) is 3.23. The maximum Gasteiger partial charge on any atom is 0.0644 e. The van der Waals surface area contributed by atoms with E-state index < -0.39 is 0 Å². The van der Waals surface area contributed by atoms with Gasteiger partial charge < -0.3 is 0 Å². The van der Waals surface area contributed by atoms with Crippen LogP contribution >= 0.6 is 15.9 Å². The summed E-state index contributed by atoms with van der Waals surface area (Å²) >= 11 is 3.88. The van der Waals surface area contributed by atoms with Crippen LogP contribution in [0.15, 0.2) is 42.5 Å². The van der Waals surface area contributed by atoms with Gasteiger partial charge in [-0.1, -0.05) is 72.2 Å². The highest BCUT2D eigenvalue weighted by molar-refractivity contribution is 9.09. The summed E-state index contributed by atoms with van der Waals surface area (Å²) in [6.45, 7) is 4.48. The van der Waals surface area contributed by atoms with Crippen molar-refractivity contribution in [2.75, 3.05) is 0 Å². The van der Waals surface area contributed by atoms with Crippen molar-refractivity contribution < 1.29 is 0 Å². The van der Waals surface area contributed by atoms with Gasteiger partial charge >= 0.3 is 0 Å².